The van der Waals surface area contributed by atoms with Crippen LogP contribution in [0.25, 0.3) is 44.1 Å². The van der Waals surface area contributed by atoms with Gasteiger partial charge in [0.1, 0.15) is 0 Å². The number of benzene rings is 3. The van der Waals surface area contributed by atoms with Gasteiger partial charge in [0.2, 0.25) is 0 Å². The fourth-order valence-electron chi connectivity index (χ4n) is 3.57. The predicted octanol–water partition coefficient (Wildman–Crippen LogP) is 6.96. The molecule has 0 radical (unpaired) electrons. The van der Waals surface area contributed by atoms with Crippen molar-refractivity contribution in [3.05, 3.63) is 97.3 Å². The van der Waals surface area contributed by atoms with Gasteiger partial charge in [-0.05, 0) is 34.4 Å². The van der Waals surface area contributed by atoms with Gasteiger partial charge in [-0.1, -0.05) is 72.8 Å². The van der Waals surface area contributed by atoms with Crippen LogP contribution >= 0.6 is 24.8 Å². The van der Waals surface area contributed by atoms with Crippen LogP contribution in [0.5, 0.6) is 0 Å². The van der Waals surface area contributed by atoms with Crippen LogP contribution in [-0.2, 0) is 19.5 Å². The molecule has 2 aromatic heterocycles. The summed E-state index contributed by atoms with van der Waals surface area (Å²) in [5.74, 6) is 0. The van der Waals surface area contributed by atoms with E-state index in [0.717, 1.165) is 21.8 Å². The summed E-state index contributed by atoms with van der Waals surface area (Å²) in [6, 6.07) is 29.3. The first-order valence-corrected chi connectivity index (χ1v) is 8.69. The monoisotopic (exact) mass is 506 g/mol. The van der Waals surface area contributed by atoms with Gasteiger partial charge in [-0.2, -0.15) is 0 Å². The van der Waals surface area contributed by atoms with Gasteiger partial charge >= 0.3 is 0 Å². The van der Waals surface area contributed by atoms with Gasteiger partial charge in [-0.25, -0.2) is 0 Å². The maximum Gasteiger partial charge on any atom is 0.0970 e. The molecule has 2 heterocycles. The Kier molecular flexibility index (Phi) is 7.87. The molecule has 29 heavy (non-hydrogen) atoms. The van der Waals surface area contributed by atoms with Crippen LogP contribution in [0.4, 0.5) is 0 Å². The molecule has 2 nitrogen and oxygen atoms in total. The van der Waals surface area contributed by atoms with Gasteiger partial charge in [0.15, 0.2) is 0 Å². The largest absolute Gasteiger partial charge is 0.254 e. The molecule has 5 rings (SSSR count). The Balaban J connectivity index is 0.000001000. The van der Waals surface area contributed by atoms with E-state index < -0.39 is 0 Å². The fourth-order valence-corrected chi connectivity index (χ4v) is 3.57. The number of pyridine rings is 2. The zero-order valence-electron chi connectivity index (χ0n) is 15.3. The molecule has 5 heteroatoms. The molecular formula is C24H18Cl2N2Ru. The molecule has 5 aromatic rings. The van der Waals surface area contributed by atoms with Crippen molar-refractivity contribution in [2.75, 3.05) is 0 Å². The van der Waals surface area contributed by atoms with Gasteiger partial charge in [0.25, 0.3) is 0 Å². The quantitative estimate of drug-likeness (QED) is 0.191. The zero-order valence-corrected chi connectivity index (χ0v) is 18.7. The molecule has 0 aliphatic rings. The summed E-state index contributed by atoms with van der Waals surface area (Å²) in [7, 11) is 0. The fraction of sp³-hybridized carbons (Fsp3) is 0. The molecule has 146 valence electrons. The van der Waals surface area contributed by atoms with Crippen LogP contribution in [0, 0.1) is 0 Å². The summed E-state index contributed by atoms with van der Waals surface area (Å²) >= 11 is 0. The first kappa shape index (κ1) is 23.0. The van der Waals surface area contributed by atoms with Gasteiger partial charge in [-0.3, -0.25) is 9.97 Å². The van der Waals surface area contributed by atoms with Crippen molar-refractivity contribution in [2.24, 2.45) is 0 Å². The minimum atomic E-state index is 0. The number of nitrogens with zero attached hydrogens (tertiary/aromatic N) is 2. The summed E-state index contributed by atoms with van der Waals surface area (Å²) < 4.78 is 0. The standard InChI is InChI=1S/C24H16N2.2ClH.Ru/c1-3-7-17(8-4-1)19-13-15-25-23-21(19)11-12-22-20(14-16-26-24(22)23)18-9-5-2-6-10-18;;;/h1-16H;2*1H;. The van der Waals surface area contributed by atoms with Crippen LogP contribution in [0.3, 0.4) is 0 Å². The van der Waals surface area contributed by atoms with E-state index in [0.29, 0.717) is 0 Å². The third-order valence-electron chi connectivity index (χ3n) is 4.79. The van der Waals surface area contributed by atoms with E-state index in [4.69, 9.17) is 0 Å². The molecule has 3 aromatic carbocycles. The van der Waals surface area contributed by atoms with Crippen molar-refractivity contribution in [3.63, 3.8) is 0 Å². The summed E-state index contributed by atoms with van der Waals surface area (Å²) in [4.78, 5) is 9.34. The van der Waals surface area contributed by atoms with Crippen molar-refractivity contribution in [1.29, 1.82) is 0 Å². The first-order valence-electron chi connectivity index (χ1n) is 8.69. The molecule has 0 fully saturated rings. The number of halogens is 2. The van der Waals surface area contributed by atoms with Crippen molar-refractivity contribution >= 4 is 46.6 Å². The topological polar surface area (TPSA) is 25.8 Å². The Bertz CT molecular complexity index is 1130. The van der Waals surface area contributed by atoms with E-state index in [9.17, 15) is 0 Å². The second-order valence-electron chi connectivity index (χ2n) is 6.31. The van der Waals surface area contributed by atoms with Crippen LogP contribution in [0.15, 0.2) is 97.3 Å². The Morgan fingerprint density at radius 1 is 0.448 bits per heavy atom. The third kappa shape index (κ3) is 4.18. The third-order valence-corrected chi connectivity index (χ3v) is 4.79. The van der Waals surface area contributed by atoms with Gasteiger partial charge < -0.3 is 0 Å². The van der Waals surface area contributed by atoms with Gasteiger partial charge in [0, 0.05) is 42.6 Å². The summed E-state index contributed by atoms with van der Waals surface area (Å²) in [5.41, 5.74) is 6.65. The molecule has 0 amide bonds. The minimum Gasteiger partial charge on any atom is -0.254 e. The molecule has 0 saturated heterocycles. The smallest absolute Gasteiger partial charge is 0.0970 e. The summed E-state index contributed by atoms with van der Waals surface area (Å²) in [6.07, 6.45) is 3.75. The maximum absolute atomic E-state index is 4.67. The molecule has 0 atom stereocenters. The van der Waals surface area contributed by atoms with Crippen molar-refractivity contribution in [1.82, 2.24) is 9.97 Å². The van der Waals surface area contributed by atoms with Crippen molar-refractivity contribution in [2.45, 2.75) is 0 Å². The first-order chi connectivity index (χ1) is 12.9. The van der Waals surface area contributed by atoms with E-state index in [1.54, 1.807) is 0 Å². The molecule has 0 saturated carbocycles. The number of aromatic nitrogens is 2. The van der Waals surface area contributed by atoms with Crippen molar-refractivity contribution in [3.8, 4) is 22.3 Å². The summed E-state index contributed by atoms with van der Waals surface area (Å²) in [5, 5.41) is 2.26. The molecule has 0 bridgehead atoms. The van der Waals surface area contributed by atoms with Crippen LogP contribution in [0.2, 0.25) is 0 Å². The zero-order chi connectivity index (χ0) is 17.3. The van der Waals surface area contributed by atoms with Crippen LogP contribution in [-0.4, -0.2) is 9.97 Å². The minimum absolute atomic E-state index is 0. The SMILES string of the molecule is Cl.Cl.[Ru].c1ccc(-c2ccnc3c2ccc2c(-c4ccccc4)ccnc23)cc1. The second kappa shape index (κ2) is 9.94. The average Bonchev–Trinajstić information content (AvgIpc) is 2.74. The Morgan fingerprint density at radius 2 is 0.828 bits per heavy atom. The van der Waals surface area contributed by atoms with Gasteiger partial charge in [-0.15, -0.1) is 24.8 Å². The van der Waals surface area contributed by atoms with E-state index in [-0.39, 0.29) is 44.3 Å². The Morgan fingerprint density at radius 3 is 1.21 bits per heavy atom. The molecule has 0 N–H and O–H groups in total. The van der Waals surface area contributed by atoms with Crippen molar-refractivity contribution < 1.29 is 19.5 Å². The number of hydrogen-bond donors (Lipinski definition) is 0. The Labute approximate surface area is 195 Å². The van der Waals surface area contributed by atoms with Crippen LogP contribution < -0.4 is 0 Å². The molecule has 0 unspecified atom stereocenters. The Hall–Kier alpha value is -2.32. The average molecular weight is 506 g/mol. The summed E-state index contributed by atoms with van der Waals surface area (Å²) in [6.45, 7) is 0. The molecule has 0 spiro atoms. The second-order valence-corrected chi connectivity index (χ2v) is 6.31. The molecule has 0 aliphatic carbocycles. The predicted molar refractivity (Wildman–Crippen MR) is 122 cm³/mol. The van der Waals surface area contributed by atoms with E-state index in [2.05, 4.69) is 82.8 Å². The van der Waals surface area contributed by atoms with Gasteiger partial charge in [0.05, 0.1) is 11.0 Å². The number of hydrogen-bond acceptors (Lipinski definition) is 2. The van der Waals surface area contributed by atoms with E-state index in [1.165, 1.54) is 22.3 Å². The number of fused-ring (bicyclic) bond motifs is 3. The maximum atomic E-state index is 4.67. The van der Waals surface area contributed by atoms with Crippen LogP contribution in [0.1, 0.15) is 0 Å². The number of rotatable bonds is 2. The van der Waals surface area contributed by atoms with E-state index >= 15 is 0 Å². The van der Waals surface area contributed by atoms with E-state index in [1.807, 2.05) is 24.5 Å². The normalized spacial score (nSPS) is 9.93. The molecular weight excluding hydrogens is 488 g/mol. The molecule has 0 aliphatic heterocycles.